The van der Waals surface area contributed by atoms with Crippen molar-refractivity contribution in [2.45, 2.75) is 116 Å². The average Bonchev–Trinajstić information content (AvgIpc) is 4.22. The van der Waals surface area contributed by atoms with Crippen molar-refractivity contribution in [2.75, 3.05) is 20.2 Å². The molecule has 2 aromatic carbocycles. The number of aliphatic hydroxyl groups is 2. The summed E-state index contributed by atoms with van der Waals surface area (Å²) in [5, 5.41) is 32.7. The first kappa shape index (κ1) is 55.3. The maximum absolute atomic E-state index is 13.6. The fraction of sp³-hybridized carbons (Fsp3) is 0.451. The van der Waals surface area contributed by atoms with Crippen LogP contribution in [0, 0.1) is 25.7 Å². The third-order valence-corrected chi connectivity index (χ3v) is 15.0. The van der Waals surface area contributed by atoms with Gasteiger partial charge in [0.2, 0.25) is 23.6 Å². The molecule has 8 rings (SSSR count). The zero-order chi connectivity index (χ0) is 51.3. The average molecular weight is 1090 g/mol. The van der Waals surface area contributed by atoms with Crippen molar-refractivity contribution in [1.82, 2.24) is 40.7 Å². The summed E-state index contributed by atoms with van der Waals surface area (Å²) in [6.45, 7) is 15.4. The molecule has 4 amide bonds. The van der Waals surface area contributed by atoms with Crippen molar-refractivity contribution in [2.24, 2.45) is 11.8 Å². The van der Waals surface area contributed by atoms with Gasteiger partial charge in [0, 0.05) is 38.1 Å². The maximum Gasteiger partial charge on any atom is 0.280 e. The van der Waals surface area contributed by atoms with Gasteiger partial charge in [0.15, 0.2) is 11.5 Å². The number of hydrogen-bond donors (Lipinski definition) is 5. The summed E-state index contributed by atoms with van der Waals surface area (Å²) >= 11 is 3.18. The van der Waals surface area contributed by atoms with Crippen LogP contribution in [0.25, 0.3) is 20.9 Å². The molecule has 5 N–H and O–H groups in total. The van der Waals surface area contributed by atoms with Crippen molar-refractivity contribution in [3.8, 4) is 26.8 Å². The Labute approximate surface area is 436 Å². The summed E-state index contributed by atoms with van der Waals surface area (Å²) in [4.78, 5) is 78.8. The lowest BCUT2D eigenvalue weighted by Gasteiger charge is -2.29. The summed E-state index contributed by atoms with van der Waals surface area (Å²) in [7, 11) is 1.47. The Balaban J connectivity index is 0.000000232. The summed E-state index contributed by atoms with van der Waals surface area (Å²) in [6.07, 6.45) is -1.26. The van der Waals surface area contributed by atoms with Crippen LogP contribution in [0.1, 0.15) is 112 Å². The van der Waals surface area contributed by atoms with Crippen LogP contribution in [0.5, 0.6) is 5.88 Å². The molecule has 18 nitrogen and oxygen atoms in total. The van der Waals surface area contributed by atoms with E-state index in [4.69, 9.17) is 13.8 Å². The number of likely N-dealkylation sites (tertiary alicyclic amines) is 2. The number of halogens is 1. The van der Waals surface area contributed by atoms with Gasteiger partial charge in [-0.25, -0.2) is 9.97 Å². The van der Waals surface area contributed by atoms with Gasteiger partial charge in [-0.05, 0) is 66.9 Å². The third kappa shape index (κ3) is 12.6. The van der Waals surface area contributed by atoms with Gasteiger partial charge < -0.3 is 44.4 Å². The first-order valence-electron chi connectivity index (χ1n) is 23.6. The monoisotopic (exact) mass is 1090 g/mol. The second-order valence-electron chi connectivity index (χ2n) is 18.9. The molecule has 0 spiro atoms. The van der Waals surface area contributed by atoms with Crippen LogP contribution in [-0.4, -0.2) is 108 Å². The van der Waals surface area contributed by atoms with Crippen LogP contribution in [-0.2, 0) is 19.2 Å². The number of H-pyrrole nitrogens is 1. The van der Waals surface area contributed by atoms with Crippen molar-refractivity contribution in [3.05, 3.63) is 116 Å². The fourth-order valence-electron chi connectivity index (χ4n) is 9.20. The summed E-state index contributed by atoms with van der Waals surface area (Å²) in [5.41, 5.74) is 9.20. The molecule has 8 atom stereocenters. The maximum atomic E-state index is 13.6. The number of carbonyl (C=O) groups excluding carboxylic acids is 4. The molecule has 386 valence electrons. The highest BCUT2D eigenvalue weighted by Crippen LogP contribution is 2.35. The largest absolute Gasteiger partial charge is 0.479 e. The molecule has 2 saturated heterocycles. The number of aryl methyl sites for hydroxylation is 2. The minimum absolute atomic E-state index is 0. The van der Waals surface area contributed by atoms with Gasteiger partial charge in [-0.15, -0.1) is 39.7 Å². The highest BCUT2D eigenvalue weighted by atomic mass is 79.9. The van der Waals surface area contributed by atoms with E-state index in [1.54, 1.807) is 28.7 Å². The molecule has 2 unspecified atom stereocenters. The molecule has 2 fully saturated rings. The zero-order valence-electron chi connectivity index (χ0n) is 41.7. The molecular weight excluding hydrogens is 1030 g/mol. The van der Waals surface area contributed by atoms with E-state index in [1.807, 2.05) is 115 Å². The lowest BCUT2D eigenvalue weighted by Crippen LogP contribution is -2.48. The zero-order valence-corrected chi connectivity index (χ0v) is 45.0. The van der Waals surface area contributed by atoms with Crippen molar-refractivity contribution < 1.29 is 43.2 Å². The number of amides is 4. The fourth-order valence-corrected chi connectivity index (χ4v) is 10.8. The third-order valence-electron chi connectivity index (χ3n) is 13.0. The van der Waals surface area contributed by atoms with Crippen LogP contribution in [0.4, 0.5) is 0 Å². The molecule has 0 radical (unpaired) electrons. The van der Waals surface area contributed by atoms with Gasteiger partial charge in [-0.2, -0.15) is 5.16 Å². The number of carbonyl (C=O) groups is 4. The van der Waals surface area contributed by atoms with Crippen molar-refractivity contribution in [1.29, 1.82) is 0 Å². The minimum atomic E-state index is -0.814. The highest BCUT2D eigenvalue weighted by molar-refractivity contribution is 8.93. The first-order chi connectivity index (χ1) is 33.8. The number of β-amino-alcohol motifs (C(OH)–C–C–N with tert-alkyl or cyclic N) is 2. The number of nitrogens with one attached hydrogen (secondary N) is 3. The standard InChI is InChI=1S/C26H32N4O5S.C25H30N4O5S.BrH/c1-14(2)23(21-11-22(34-5)29-35-21)26(33)30-12-19(31)10-20(30)25(32)28-15(3)17-6-8-18(9-7-17)24-16(4)27-13-36-24;1-13(2)22(20-10-21(31)28-34-20)25(33)29-11-18(30)9-19(29)24(32)27-14(3)16-5-7-17(8-6-16)23-15(4)26-12-35-23;/h6-9,11,13-15,19-20,23,31H,10,12H2,1-5H3,(H,28,32);5-8,10,12-14,18-19,22,30H,9,11H2,1-4H3,(H,27,32)(H,28,31);1H/t15-,19+,20-,23?;14-,18+,19-,22?;/m00./s1. The molecule has 6 heterocycles. The highest BCUT2D eigenvalue weighted by Gasteiger charge is 2.45. The quantitative estimate of drug-likeness (QED) is 0.0681. The van der Waals surface area contributed by atoms with E-state index in [9.17, 15) is 34.2 Å². The molecule has 4 aromatic heterocycles. The van der Waals surface area contributed by atoms with E-state index in [-0.39, 0.29) is 102 Å². The number of thiazole rings is 2. The number of nitrogens with zero attached hydrogens (tertiary/aromatic N) is 5. The first-order valence-corrected chi connectivity index (χ1v) is 25.4. The second-order valence-corrected chi connectivity index (χ2v) is 20.6. The SMILES string of the molecule is Br.COc1cc(C(C(=O)N2C[C@H](O)C[C@H]2C(=O)N[C@@H](C)c2ccc(-c3scnc3C)cc2)C(C)C)on1.Cc1ncsc1-c1ccc([C@H](C)NC(=O)[C@@H]2C[C@@H](O)CN2C(=O)C(c2cc(=O)[nH]o2)C(C)C)cc1. The summed E-state index contributed by atoms with van der Waals surface area (Å²) in [5.74, 6) is -2.07. The molecule has 2 aliphatic heterocycles. The molecule has 2 aliphatic rings. The van der Waals surface area contributed by atoms with Crippen molar-refractivity contribution >= 4 is 63.3 Å². The van der Waals surface area contributed by atoms with Gasteiger partial charge in [0.1, 0.15) is 23.9 Å². The Kier molecular flexibility index (Phi) is 18.6. The van der Waals surface area contributed by atoms with Gasteiger partial charge in [0.25, 0.3) is 11.4 Å². The van der Waals surface area contributed by atoms with Crippen LogP contribution in [0.15, 0.2) is 85.5 Å². The number of aromatic nitrogens is 4. The van der Waals surface area contributed by atoms with Gasteiger partial charge >= 0.3 is 0 Å². The Bertz CT molecular complexity index is 2840. The molecule has 6 aromatic rings. The number of rotatable bonds is 15. The van der Waals surface area contributed by atoms with Crippen LogP contribution in [0.2, 0.25) is 0 Å². The summed E-state index contributed by atoms with van der Waals surface area (Å²) in [6, 6.07) is 16.6. The van der Waals surface area contributed by atoms with E-state index < -0.39 is 41.7 Å². The molecule has 0 saturated carbocycles. The molecule has 72 heavy (non-hydrogen) atoms. The lowest BCUT2D eigenvalue weighted by atomic mass is 9.91. The number of ether oxygens (including phenoxy) is 1. The van der Waals surface area contributed by atoms with E-state index in [0.717, 1.165) is 43.4 Å². The number of methoxy groups -OCH3 is 1. The van der Waals surface area contributed by atoms with Crippen LogP contribution in [0.3, 0.4) is 0 Å². The van der Waals surface area contributed by atoms with Gasteiger partial charge in [-0.3, -0.25) is 24.0 Å². The second kappa shape index (κ2) is 24.1. The predicted octanol–water partition coefficient (Wildman–Crippen LogP) is 7.25. The number of aromatic amines is 1. The normalized spacial score (nSPS) is 19.2. The predicted molar refractivity (Wildman–Crippen MR) is 278 cm³/mol. The Morgan fingerprint density at radius 3 is 1.49 bits per heavy atom. The molecule has 21 heteroatoms. The van der Waals surface area contributed by atoms with Crippen LogP contribution < -0.4 is 20.9 Å². The van der Waals surface area contributed by atoms with Crippen LogP contribution >= 0.6 is 39.7 Å². The Morgan fingerprint density at radius 2 is 1.14 bits per heavy atom. The number of aliphatic hydroxyl groups excluding tert-OH is 2. The summed E-state index contributed by atoms with van der Waals surface area (Å²) < 4.78 is 15.7. The Morgan fingerprint density at radius 1 is 0.708 bits per heavy atom. The van der Waals surface area contributed by atoms with Gasteiger partial charge in [-0.1, -0.05) is 76.2 Å². The molecule has 0 aliphatic carbocycles. The van der Waals surface area contributed by atoms with E-state index in [2.05, 4.69) is 30.9 Å². The smallest absolute Gasteiger partial charge is 0.280 e. The van der Waals surface area contributed by atoms with E-state index in [0.29, 0.717) is 5.76 Å². The number of hydrogen-bond acceptors (Lipinski definition) is 15. The number of benzene rings is 2. The van der Waals surface area contributed by atoms with E-state index >= 15 is 0 Å². The molecule has 0 bridgehead atoms. The minimum Gasteiger partial charge on any atom is -0.479 e. The Hall–Kier alpha value is -6.00. The topological polar surface area (TPSA) is 246 Å². The van der Waals surface area contributed by atoms with Crippen molar-refractivity contribution in [3.63, 3.8) is 0 Å². The van der Waals surface area contributed by atoms with Gasteiger partial charge in [0.05, 0.1) is 63.6 Å². The molecular formula is C51H63BrN8O10S2. The lowest BCUT2D eigenvalue weighted by molar-refractivity contribution is -0.141. The van der Waals surface area contributed by atoms with E-state index in [1.165, 1.54) is 23.0 Å².